The lowest BCUT2D eigenvalue weighted by atomic mass is 10.1. The zero-order valence-corrected chi connectivity index (χ0v) is 21.4. The highest BCUT2D eigenvalue weighted by Crippen LogP contribution is 2.28. The molecule has 3 aromatic rings. The molecule has 36 heavy (non-hydrogen) atoms. The normalized spacial score (nSPS) is 14.1. The van der Waals surface area contributed by atoms with Crippen molar-refractivity contribution >= 4 is 5.91 Å². The molecule has 4 rings (SSSR count). The minimum atomic E-state index is -0.159. The molecule has 0 unspecified atom stereocenters. The van der Waals surface area contributed by atoms with E-state index in [0.29, 0.717) is 36.9 Å². The Morgan fingerprint density at radius 3 is 2.39 bits per heavy atom. The molecular weight excluding hydrogens is 454 g/mol. The molecule has 7 heteroatoms. The number of nitrogens with zero attached hydrogens (tertiary/aromatic N) is 2. The number of hydrogen-bond acceptors (Lipinski definition) is 6. The number of amides is 1. The van der Waals surface area contributed by atoms with Gasteiger partial charge in [0.2, 0.25) is 0 Å². The highest BCUT2D eigenvalue weighted by molar-refractivity contribution is 5.91. The summed E-state index contributed by atoms with van der Waals surface area (Å²) in [5.74, 6) is 2.36. The molecule has 1 fully saturated rings. The van der Waals surface area contributed by atoms with Gasteiger partial charge in [-0.3, -0.25) is 9.69 Å². The molecule has 1 amide bonds. The van der Waals surface area contributed by atoms with Crippen LogP contribution in [0.4, 0.5) is 0 Å². The van der Waals surface area contributed by atoms with Crippen LogP contribution in [0.5, 0.6) is 11.5 Å². The SMILES string of the molecule is COc1ccc(CN(Cc2ccccc2)Cc2ccc(C(=O)NCCN3CCCCC3)o2)cc1OC. The average Bonchev–Trinajstić information content (AvgIpc) is 3.38. The third kappa shape index (κ3) is 7.35. The van der Waals surface area contributed by atoms with E-state index < -0.39 is 0 Å². The van der Waals surface area contributed by atoms with Crippen LogP contribution in [0.1, 0.15) is 46.7 Å². The van der Waals surface area contributed by atoms with Crippen LogP contribution in [0.25, 0.3) is 0 Å². The van der Waals surface area contributed by atoms with E-state index in [1.54, 1.807) is 20.3 Å². The molecule has 1 aliphatic heterocycles. The van der Waals surface area contributed by atoms with Crippen molar-refractivity contribution in [2.24, 2.45) is 0 Å². The smallest absolute Gasteiger partial charge is 0.287 e. The van der Waals surface area contributed by atoms with Crippen molar-refractivity contribution in [2.45, 2.75) is 38.9 Å². The van der Waals surface area contributed by atoms with Crippen LogP contribution in [-0.4, -0.2) is 56.1 Å². The van der Waals surface area contributed by atoms with Gasteiger partial charge in [-0.2, -0.15) is 0 Å². The summed E-state index contributed by atoms with van der Waals surface area (Å²) in [6.07, 6.45) is 3.81. The fraction of sp³-hybridized carbons (Fsp3) is 0.414. The summed E-state index contributed by atoms with van der Waals surface area (Å²) >= 11 is 0. The third-order valence-electron chi connectivity index (χ3n) is 6.53. The summed E-state index contributed by atoms with van der Waals surface area (Å²) in [6.45, 7) is 5.77. The Hall–Kier alpha value is -3.29. The fourth-order valence-corrected chi connectivity index (χ4v) is 4.65. The maximum absolute atomic E-state index is 12.6. The van der Waals surface area contributed by atoms with Gasteiger partial charge in [-0.05, 0) is 61.3 Å². The molecule has 2 aromatic carbocycles. The number of likely N-dealkylation sites (tertiary alicyclic amines) is 1. The van der Waals surface area contributed by atoms with Crippen LogP contribution in [0, 0.1) is 0 Å². The van der Waals surface area contributed by atoms with Gasteiger partial charge in [0.05, 0.1) is 20.8 Å². The van der Waals surface area contributed by atoms with E-state index in [1.807, 2.05) is 42.5 Å². The second-order valence-corrected chi connectivity index (χ2v) is 9.24. The van der Waals surface area contributed by atoms with E-state index in [0.717, 1.165) is 37.5 Å². The Morgan fingerprint density at radius 2 is 1.64 bits per heavy atom. The predicted molar refractivity (Wildman–Crippen MR) is 140 cm³/mol. The molecule has 0 spiro atoms. The van der Waals surface area contributed by atoms with E-state index in [-0.39, 0.29) is 5.91 Å². The highest BCUT2D eigenvalue weighted by Gasteiger charge is 2.16. The van der Waals surface area contributed by atoms with Crippen LogP contribution in [0.2, 0.25) is 0 Å². The molecule has 0 aliphatic carbocycles. The van der Waals surface area contributed by atoms with Crippen molar-refractivity contribution in [1.82, 2.24) is 15.1 Å². The Balaban J connectivity index is 1.39. The molecular formula is C29H37N3O4. The van der Waals surface area contributed by atoms with Gasteiger partial charge in [0.15, 0.2) is 17.3 Å². The fourth-order valence-electron chi connectivity index (χ4n) is 4.65. The third-order valence-corrected chi connectivity index (χ3v) is 6.53. The van der Waals surface area contributed by atoms with E-state index in [2.05, 4.69) is 27.2 Å². The molecule has 192 valence electrons. The van der Waals surface area contributed by atoms with E-state index in [9.17, 15) is 4.79 Å². The van der Waals surface area contributed by atoms with Crippen LogP contribution in [0.15, 0.2) is 65.1 Å². The quantitative estimate of drug-likeness (QED) is 0.396. The molecule has 1 saturated heterocycles. The summed E-state index contributed by atoms with van der Waals surface area (Å²) in [4.78, 5) is 17.3. The molecule has 0 atom stereocenters. The van der Waals surface area contributed by atoms with Crippen LogP contribution >= 0.6 is 0 Å². The number of benzene rings is 2. The van der Waals surface area contributed by atoms with E-state index in [1.165, 1.54) is 24.8 Å². The predicted octanol–water partition coefficient (Wildman–Crippen LogP) is 4.71. The molecule has 2 heterocycles. The first-order valence-corrected chi connectivity index (χ1v) is 12.7. The highest BCUT2D eigenvalue weighted by atomic mass is 16.5. The summed E-state index contributed by atoms with van der Waals surface area (Å²) in [5, 5.41) is 3.00. The van der Waals surface area contributed by atoms with E-state index >= 15 is 0 Å². The lowest BCUT2D eigenvalue weighted by Crippen LogP contribution is -2.37. The van der Waals surface area contributed by atoms with Crippen molar-refractivity contribution in [2.75, 3.05) is 40.4 Å². The van der Waals surface area contributed by atoms with Gasteiger partial charge in [0.25, 0.3) is 5.91 Å². The van der Waals surface area contributed by atoms with Crippen molar-refractivity contribution in [3.8, 4) is 11.5 Å². The van der Waals surface area contributed by atoms with Crippen LogP contribution < -0.4 is 14.8 Å². The van der Waals surface area contributed by atoms with Gasteiger partial charge in [0.1, 0.15) is 5.76 Å². The molecule has 1 aliphatic rings. The maximum Gasteiger partial charge on any atom is 0.287 e. The number of hydrogen-bond donors (Lipinski definition) is 1. The topological polar surface area (TPSA) is 67.2 Å². The van der Waals surface area contributed by atoms with Crippen molar-refractivity contribution in [3.05, 3.63) is 83.3 Å². The number of carbonyl (C=O) groups excluding carboxylic acids is 1. The molecule has 0 radical (unpaired) electrons. The Morgan fingerprint density at radius 1 is 0.889 bits per heavy atom. The van der Waals surface area contributed by atoms with Gasteiger partial charge in [-0.1, -0.05) is 42.8 Å². The Kier molecular flexibility index (Phi) is 9.41. The second-order valence-electron chi connectivity index (χ2n) is 9.24. The number of methoxy groups -OCH3 is 2. The van der Waals surface area contributed by atoms with Crippen LogP contribution in [0.3, 0.4) is 0 Å². The first kappa shape index (κ1) is 25.8. The Bertz CT molecular complexity index is 1090. The van der Waals surface area contributed by atoms with Crippen LogP contribution in [-0.2, 0) is 19.6 Å². The Labute approximate surface area is 214 Å². The van der Waals surface area contributed by atoms with Gasteiger partial charge < -0.3 is 24.1 Å². The number of nitrogens with one attached hydrogen (secondary N) is 1. The van der Waals surface area contributed by atoms with Gasteiger partial charge >= 0.3 is 0 Å². The molecule has 0 bridgehead atoms. The van der Waals surface area contributed by atoms with Gasteiger partial charge in [-0.15, -0.1) is 0 Å². The molecule has 1 N–H and O–H groups in total. The number of carbonyl (C=O) groups is 1. The largest absolute Gasteiger partial charge is 0.493 e. The minimum Gasteiger partial charge on any atom is -0.493 e. The van der Waals surface area contributed by atoms with Crippen molar-refractivity contribution < 1.29 is 18.7 Å². The number of piperidine rings is 1. The van der Waals surface area contributed by atoms with Gasteiger partial charge in [0, 0.05) is 26.2 Å². The van der Waals surface area contributed by atoms with Gasteiger partial charge in [-0.25, -0.2) is 0 Å². The maximum atomic E-state index is 12.6. The lowest BCUT2D eigenvalue weighted by molar-refractivity contribution is 0.0914. The number of ether oxygens (including phenoxy) is 2. The van der Waals surface area contributed by atoms with Crippen molar-refractivity contribution in [1.29, 1.82) is 0 Å². The summed E-state index contributed by atoms with van der Waals surface area (Å²) in [5.41, 5.74) is 2.31. The number of rotatable bonds is 12. The lowest BCUT2D eigenvalue weighted by Gasteiger charge is -2.26. The van der Waals surface area contributed by atoms with Crippen molar-refractivity contribution in [3.63, 3.8) is 0 Å². The summed E-state index contributed by atoms with van der Waals surface area (Å²) < 4.78 is 16.8. The zero-order chi connectivity index (χ0) is 25.2. The first-order valence-electron chi connectivity index (χ1n) is 12.7. The van der Waals surface area contributed by atoms with E-state index in [4.69, 9.17) is 13.9 Å². The molecule has 7 nitrogen and oxygen atoms in total. The first-order chi connectivity index (χ1) is 17.6. The minimum absolute atomic E-state index is 0.159. The summed E-state index contributed by atoms with van der Waals surface area (Å²) in [7, 11) is 3.28. The standard InChI is InChI=1S/C29H37N3O4/c1-34-26-13-11-24(19-28(26)35-2)21-32(20-23-9-5-3-6-10-23)22-25-12-14-27(36-25)29(33)30-15-18-31-16-7-4-8-17-31/h3,5-6,9-14,19H,4,7-8,15-18,20-22H2,1-2H3,(H,30,33). The average molecular weight is 492 g/mol. The zero-order valence-electron chi connectivity index (χ0n) is 21.4. The summed E-state index contributed by atoms with van der Waals surface area (Å²) in [6, 6.07) is 20.0. The monoisotopic (exact) mass is 491 g/mol. The number of furan rings is 1. The second kappa shape index (κ2) is 13.1. The molecule has 0 saturated carbocycles. The molecule has 1 aromatic heterocycles.